The number of halogens is 3. The standard InChI is InChI=1S/C22H27F3N4O/c1-26-21(27-14-17-5-7-20(8-6-17)22(23,24)25)28-15-18-3-2-4-19(13-18)16-29-9-11-30-12-10-29/h2-8,13H,9-12,14-16H2,1H3,(H2,26,27,28). The zero-order chi connectivity index (χ0) is 21.4. The number of hydrogen-bond donors (Lipinski definition) is 2. The van der Waals surface area contributed by atoms with Crippen LogP contribution in [0.15, 0.2) is 53.5 Å². The van der Waals surface area contributed by atoms with Crippen molar-refractivity contribution in [3.63, 3.8) is 0 Å². The van der Waals surface area contributed by atoms with E-state index >= 15 is 0 Å². The molecule has 5 nitrogen and oxygen atoms in total. The Morgan fingerprint density at radius 3 is 2.23 bits per heavy atom. The summed E-state index contributed by atoms with van der Waals surface area (Å²) in [4.78, 5) is 6.56. The Kier molecular flexibility index (Phi) is 7.70. The fourth-order valence-corrected chi connectivity index (χ4v) is 3.26. The van der Waals surface area contributed by atoms with Crippen LogP contribution >= 0.6 is 0 Å². The number of alkyl halides is 3. The average molecular weight is 420 g/mol. The first-order valence-corrected chi connectivity index (χ1v) is 9.92. The average Bonchev–Trinajstić information content (AvgIpc) is 2.74. The number of ether oxygens (including phenoxy) is 1. The van der Waals surface area contributed by atoms with E-state index in [1.807, 2.05) is 6.07 Å². The maximum absolute atomic E-state index is 12.7. The predicted octanol–water partition coefficient (Wildman–Crippen LogP) is 3.40. The maximum atomic E-state index is 12.7. The zero-order valence-corrected chi connectivity index (χ0v) is 17.0. The van der Waals surface area contributed by atoms with E-state index < -0.39 is 11.7 Å². The van der Waals surface area contributed by atoms with Gasteiger partial charge >= 0.3 is 6.18 Å². The van der Waals surface area contributed by atoms with Crippen LogP contribution in [-0.2, 0) is 30.5 Å². The molecule has 0 saturated carbocycles. The van der Waals surface area contributed by atoms with Crippen LogP contribution in [-0.4, -0.2) is 44.2 Å². The molecule has 1 heterocycles. The second kappa shape index (κ2) is 10.4. The number of benzene rings is 2. The number of morpholine rings is 1. The third-order valence-corrected chi connectivity index (χ3v) is 4.93. The Balaban J connectivity index is 1.48. The quantitative estimate of drug-likeness (QED) is 0.556. The molecule has 2 N–H and O–H groups in total. The van der Waals surface area contributed by atoms with E-state index in [9.17, 15) is 13.2 Å². The molecule has 162 valence electrons. The van der Waals surface area contributed by atoms with E-state index in [1.54, 1.807) is 7.05 Å². The van der Waals surface area contributed by atoms with Crippen molar-refractivity contribution in [2.24, 2.45) is 4.99 Å². The third-order valence-electron chi connectivity index (χ3n) is 4.93. The summed E-state index contributed by atoms with van der Waals surface area (Å²) in [5, 5.41) is 6.38. The van der Waals surface area contributed by atoms with Crippen LogP contribution in [0.5, 0.6) is 0 Å². The molecule has 0 amide bonds. The van der Waals surface area contributed by atoms with Gasteiger partial charge in [-0.05, 0) is 28.8 Å². The molecule has 0 spiro atoms. The molecule has 1 saturated heterocycles. The van der Waals surface area contributed by atoms with Crippen LogP contribution in [0.4, 0.5) is 13.2 Å². The minimum atomic E-state index is -4.32. The van der Waals surface area contributed by atoms with Crippen LogP contribution in [0.1, 0.15) is 22.3 Å². The first kappa shape index (κ1) is 22.1. The summed E-state index contributed by atoms with van der Waals surface area (Å²) in [6, 6.07) is 13.5. The Morgan fingerprint density at radius 2 is 1.60 bits per heavy atom. The second-order valence-electron chi connectivity index (χ2n) is 7.18. The van der Waals surface area contributed by atoms with Crippen molar-refractivity contribution in [2.75, 3.05) is 33.4 Å². The number of aliphatic imine (C=N–C) groups is 1. The molecule has 0 bridgehead atoms. The molecule has 8 heteroatoms. The fraction of sp³-hybridized carbons (Fsp3) is 0.409. The zero-order valence-electron chi connectivity index (χ0n) is 17.0. The minimum Gasteiger partial charge on any atom is -0.379 e. The van der Waals surface area contributed by atoms with Gasteiger partial charge in [0.25, 0.3) is 0 Å². The molecule has 0 aromatic heterocycles. The van der Waals surface area contributed by atoms with Crippen molar-refractivity contribution >= 4 is 5.96 Å². The largest absolute Gasteiger partial charge is 0.416 e. The van der Waals surface area contributed by atoms with Gasteiger partial charge in [0, 0.05) is 39.8 Å². The van der Waals surface area contributed by atoms with Gasteiger partial charge in [0.05, 0.1) is 18.8 Å². The SMILES string of the molecule is CN=C(NCc1ccc(C(F)(F)F)cc1)NCc1cccc(CN2CCOCC2)c1. The summed E-state index contributed by atoms with van der Waals surface area (Å²) < 4.78 is 43.4. The van der Waals surface area contributed by atoms with Gasteiger partial charge in [-0.1, -0.05) is 36.4 Å². The van der Waals surface area contributed by atoms with Gasteiger partial charge in [-0.3, -0.25) is 9.89 Å². The highest BCUT2D eigenvalue weighted by Gasteiger charge is 2.29. The molecule has 0 atom stereocenters. The summed E-state index contributed by atoms with van der Waals surface area (Å²) in [6.45, 7) is 5.34. The Labute approximate surface area is 174 Å². The van der Waals surface area contributed by atoms with Gasteiger partial charge < -0.3 is 15.4 Å². The van der Waals surface area contributed by atoms with Gasteiger partial charge in [0.2, 0.25) is 0 Å². The molecule has 2 aromatic rings. The first-order chi connectivity index (χ1) is 14.4. The minimum absolute atomic E-state index is 0.384. The highest BCUT2D eigenvalue weighted by Crippen LogP contribution is 2.29. The van der Waals surface area contributed by atoms with Crippen LogP contribution in [0.25, 0.3) is 0 Å². The number of rotatable bonds is 6. The van der Waals surface area contributed by atoms with E-state index in [0.29, 0.717) is 19.0 Å². The summed E-state index contributed by atoms with van der Waals surface area (Å²) in [5.41, 5.74) is 2.49. The van der Waals surface area contributed by atoms with E-state index in [4.69, 9.17) is 4.74 Å². The highest BCUT2D eigenvalue weighted by molar-refractivity contribution is 5.79. The van der Waals surface area contributed by atoms with Crippen LogP contribution in [0.3, 0.4) is 0 Å². The maximum Gasteiger partial charge on any atom is 0.416 e. The van der Waals surface area contributed by atoms with Gasteiger partial charge in [0.1, 0.15) is 0 Å². The van der Waals surface area contributed by atoms with Crippen LogP contribution in [0.2, 0.25) is 0 Å². The van der Waals surface area contributed by atoms with Crippen LogP contribution < -0.4 is 10.6 Å². The lowest BCUT2D eigenvalue weighted by Crippen LogP contribution is -2.36. The van der Waals surface area contributed by atoms with E-state index in [1.165, 1.54) is 17.7 Å². The van der Waals surface area contributed by atoms with E-state index in [0.717, 1.165) is 56.1 Å². The van der Waals surface area contributed by atoms with Crippen molar-refractivity contribution in [2.45, 2.75) is 25.8 Å². The monoisotopic (exact) mass is 420 g/mol. The molecule has 30 heavy (non-hydrogen) atoms. The lowest BCUT2D eigenvalue weighted by atomic mass is 10.1. The first-order valence-electron chi connectivity index (χ1n) is 9.92. The van der Waals surface area contributed by atoms with Crippen LogP contribution in [0, 0.1) is 0 Å². The summed E-state index contributed by atoms with van der Waals surface area (Å²) in [6.07, 6.45) is -4.32. The molecular formula is C22H27F3N4O. The fourth-order valence-electron chi connectivity index (χ4n) is 3.26. The predicted molar refractivity (Wildman–Crippen MR) is 111 cm³/mol. The van der Waals surface area contributed by atoms with Crippen molar-refractivity contribution in [3.8, 4) is 0 Å². The molecule has 2 aromatic carbocycles. The van der Waals surface area contributed by atoms with E-state index in [2.05, 4.69) is 38.7 Å². The molecule has 1 fully saturated rings. The molecule has 0 aliphatic carbocycles. The lowest BCUT2D eigenvalue weighted by Gasteiger charge is -2.26. The third kappa shape index (κ3) is 6.74. The van der Waals surface area contributed by atoms with Crippen molar-refractivity contribution in [1.29, 1.82) is 0 Å². The Morgan fingerprint density at radius 1 is 0.967 bits per heavy atom. The Bertz CT molecular complexity index is 831. The molecule has 3 rings (SSSR count). The molecule has 0 radical (unpaired) electrons. The summed E-state index contributed by atoms with van der Waals surface area (Å²) >= 11 is 0. The second-order valence-corrected chi connectivity index (χ2v) is 7.18. The van der Waals surface area contributed by atoms with E-state index in [-0.39, 0.29) is 0 Å². The molecule has 1 aliphatic rings. The molecule has 1 aliphatic heterocycles. The van der Waals surface area contributed by atoms with Crippen molar-refractivity contribution < 1.29 is 17.9 Å². The molecular weight excluding hydrogens is 393 g/mol. The topological polar surface area (TPSA) is 48.9 Å². The van der Waals surface area contributed by atoms with Gasteiger partial charge in [0.15, 0.2) is 5.96 Å². The van der Waals surface area contributed by atoms with Gasteiger partial charge in [-0.15, -0.1) is 0 Å². The lowest BCUT2D eigenvalue weighted by molar-refractivity contribution is -0.137. The smallest absolute Gasteiger partial charge is 0.379 e. The Hall–Kier alpha value is -2.58. The summed E-state index contributed by atoms with van der Waals surface area (Å²) in [5.74, 6) is 0.591. The molecule has 0 unspecified atom stereocenters. The number of nitrogens with zero attached hydrogens (tertiary/aromatic N) is 2. The number of guanidine groups is 1. The van der Waals surface area contributed by atoms with Gasteiger partial charge in [-0.2, -0.15) is 13.2 Å². The number of hydrogen-bond acceptors (Lipinski definition) is 3. The normalized spacial score (nSPS) is 15.8. The van der Waals surface area contributed by atoms with Crippen molar-refractivity contribution in [1.82, 2.24) is 15.5 Å². The number of nitrogens with one attached hydrogen (secondary N) is 2. The van der Waals surface area contributed by atoms with Gasteiger partial charge in [-0.25, -0.2) is 0 Å². The summed E-state index contributed by atoms with van der Waals surface area (Å²) in [7, 11) is 1.66. The highest BCUT2D eigenvalue weighted by atomic mass is 19.4. The van der Waals surface area contributed by atoms with Crippen molar-refractivity contribution in [3.05, 3.63) is 70.8 Å².